The summed E-state index contributed by atoms with van der Waals surface area (Å²) in [6.45, 7) is 3.97. The second kappa shape index (κ2) is 9.80. The Morgan fingerprint density at radius 2 is 1.81 bits per heavy atom. The molecule has 0 aliphatic carbocycles. The Hall–Kier alpha value is -3.43. The normalized spacial score (nSPS) is 13.8. The first-order valence-electron chi connectivity index (χ1n) is 9.80. The standard InChI is InChI=1S/C22H22ClN3O6/c1-13(2)32-11-10-25-21(27)19(14-4-7-16(8-5-14)26(29)30)20(22(25)28)24-15-6-9-18(31-3)17(23)12-15/h4-9,12-13,24H,10-11H2,1-3H3. The van der Waals surface area contributed by atoms with Gasteiger partial charge in [-0.3, -0.25) is 24.6 Å². The number of nitro benzene ring substituents is 1. The minimum atomic E-state index is -0.534. The lowest BCUT2D eigenvalue weighted by molar-refractivity contribution is -0.384. The molecule has 1 N–H and O–H groups in total. The van der Waals surface area contributed by atoms with E-state index in [1.807, 2.05) is 13.8 Å². The number of ether oxygens (including phenoxy) is 2. The quantitative estimate of drug-likeness (QED) is 0.344. The highest BCUT2D eigenvalue weighted by Gasteiger charge is 2.39. The lowest BCUT2D eigenvalue weighted by Gasteiger charge is -2.16. The van der Waals surface area contributed by atoms with Crippen LogP contribution < -0.4 is 10.1 Å². The molecule has 3 rings (SSSR count). The van der Waals surface area contributed by atoms with Crippen molar-refractivity contribution in [2.24, 2.45) is 0 Å². The van der Waals surface area contributed by atoms with Crippen LogP contribution in [0.15, 0.2) is 48.2 Å². The van der Waals surface area contributed by atoms with E-state index in [0.717, 1.165) is 4.90 Å². The van der Waals surface area contributed by atoms with Crippen LogP contribution in [0.3, 0.4) is 0 Å². The number of methoxy groups -OCH3 is 1. The largest absolute Gasteiger partial charge is 0.495 e. The van der Waals surface area contributed by atoms with Gasteiger partial charge in [-0.15, -0.1) is 0 Å². The number of non-ortho nitro benzene ring substituents is 1. The third-order valence-electron chi connectivity index (χ3n) is 4.72. The predicted molar refractivity (Wildman–Crippen MR) is 119 cm³/mol. The Morgan fingerprint density at radius 3 is 2.38 bits per heavy atom. The van der Waals surface area contributed by atoms with Gasteiger partial charge in [0.05, 0.1) is 41.9 Å². The van der Waals surface area contributed by atoms with Crippen molar-refractivity contribution in [2.75, 3.05) is 25.6 Å². The van der Waals surface area contributed by atoms with Gasteiger partial charge in [0.25, 0.3) is 17.5 Å². The Kier molecular flexibility index (Phi) is 7.12. The number of halogens is 1. The Balaban J connectivity index is 1.99. The molecule has 1 heterocycles. The van der Waals surface area contributed by atoms with Crippen molar-refractivity contribution in [3.8, 4) is 5.75 Å². The fraction of sp³-hybridized carbons (Fsp3) is 0.273. The minimum Gasteiger partial charge on any atom is -0.495 e. The zero-order valence-electron chi connectivity index (χ0n) is 17.8. The predicted octanol–water partition coefficient (Wildman–Crippen LogP) is 3.87. The molecular formula is C22H22ClN3O6. The number of benzene rings is 2. The number of nitro groups is 1. The van der Waals surface area contributed by atoms with E-state index in [-0.39, 0.29) is 36.2 Å². The average molecular weight is 460 g/mol. The lowest BCUT2D eigenvalue weighted by Crippen LogP contribution is -2.35. The number of carbonyl (C=O) groups is 2. The Labute approximate surface area is 189 Å². The number of hydrogen-bond donors (Lipinski definition) is 1. The number of amides is 2. The monoisotopic (exact) mass is 459 g/mol. The summed E-state index contributed by atoms with van der Waals surface area (Å²) in [5.74, 6) is -0.580. The van der Waals surface area contributed by atoms with Crippen molar-refractivity contribution in [1.29, 1.82) is 0 Å². The Bertz CT molecular complexity index is 1080. The van der Waals surface area contributed by atoms with Crippen LogP contribution in [0.1, 0.15) is 19.4 Å². The van der Waals surface area contributed by atoms with E-state index >= 15 is 0 Å². The molecule has 10 heteroatoms. The summed E-state index contributed by atoms with van der Waals surface area (Å²) in [5, 5.41) is 14.3. The SMILES string of the molecule is COc1ccc(NC2=C(c3ccc([N+](=O)[O-])cc3)C(=O)N(CCOC(C)C)C2=O)cc1Cl. The maximum Gasteiger partial charge on any atom is 0.278 e. The van der Waals surface area contributed by atoms with Gasteiger partial charge in [-0.05, 0) is 49.7 Å². The zero-order valence-corrected chi connectivity index (χ0v) is 18.5. The van der Waals surface area contributed by atoms with Crippen LogP contribution in [-0.2, 0) is 14.3 Å². The summed E-state index contributed by atoms with van der Waals surface area (Å²) in [5.41, 5.74) is 0.899. The third-order valence-corrected chi connectivity index (χ3v) is 5.02. The molecule has 168 valence electrons. The smallest absolute Gasteiger partial charge is 0.278 e. The van der Waals surface area contributed by atoms with Gasteiger partial charge in [-0.25, -0.2) is 0 Å². The molecule has 32 heavy (non-hydrogen) atoms. The van der Waals surface area contributed by atoms with E-state index in [2.05, 4.69) is 5.32 Å². The first kappa shape index (κ1) is 23.2. The van der Waals surface area contributed by atoms with Gasteiger partial charge >= 0.3 is 0 Å². The molecule has 9 nitrogen and oxygen atoms in total. The maximum absolute atomic E-state index is 13.2. The van der Waals surface area contributed by atoms with Crippen LogP contribution in [0.5, 0.6) is 5.75 Å². The molecule has 0 atom stereocenters. The molecule has 0 radical (unpaired) electrons. The van der Waals surface area contributed by atoms with Crippen molar-refractivity contribution in [3.05, 3.63) is 68.9 Å². The highest BCUT2D eigenvalue weighted by molar-refractivity contribution is 6.36. The van der Waals surface area contributed by atoms with E-state index in [0.29, 0.717) is 22.0 Å². The van der Waals surface area contributed by atoms with Gasteiger partial charge in [-0.1, -0.05) is 11.6 Å². The highest BCUT2D eigenvalue weighted by Crippen LogP contribution is 2.33. The van der Waals surface area contributed by atoms with Crippen molar-refractivity contribution in [1.82, 2.24) is 4.90 Å². The zero-order chi connectivity index (χ0) is 23.4. The third kappa shape index (κ3) is 4.90. The van der Waals surface area contributed by atoms with Crippen molar-refractivity contribution < 1.29 is 24.0 Å². The van der Waals surface area contributed by atoms with Gasteiger partial charge in [0.1, 0.15) is 11.4 Å². The van der Waals surface area contributed by atoms with Gasteiger partial charge in [-0.2, -0.15) is 0 Å². The molecule has 0 aromatic heterocycles. The molecule has 0 spiro atoms. The van der Waals surface area contributed by atoms with Crippen molar-refractivity contribution >= 4 is 40.4 Å². The summed E-state index contributed by atoms with van der Waals surface area (Å²) >= 11 is 6.18. The van der Waals surface area contributed by atoms with Crippen LogP contribution in [0.2, 0.25) is 5.02 Å². The van der Waals surface area contributed by atoms with Crippen molar-refractivity contribution in [2.45, 2.75) is 20.0 Å². The number of nitrogens with one attached hydrogen (secondary N) is 1. The van der Waals surface area contributed by atoms with E-state index in [9.17, 15) is 19.7 Å². The first-order chi connectivity index (χ1) is 15.2. The molecule has 0 fully saturated rings. The first-order valence-corrected chi connectivity index (χ1v) is 10.2. The number of nitrogens with zero attached hydrogens (tertiary/aromatic N) is 2. The molecular weight excluding hydrogens is 438 g/mol. The molecule has 2 aromatic rings. The fourth-order valence-corrected chi connectivity index (χ4v) is 3.44. The van der Waals surface area contributed by atoms with Crippen LogP contribution in [-0.4, -0.2) is 48.0 Å². The van der Waals surface area contributed by atoms with E-state index in [1.165, 1.54) is 31.4 Å². The number of anilines is 1. The van der Waals surface area contributed by atoms with E-state index < -0.39 is 16.7 Å². The molecule has 0 saturated heterocycles. The minimum absolute atomic E-state index is 0.0506. The number of rotatable bonds is 9. The molecule has 2 amide bonds. The molecule has 0 unspecified atom stereocenters. The lowest BCUT2D eigenvalue weighted by atomic mass is 10.0. The second-order valence-electron chi connectivity index (χ2n) is 7.21. The summed E-state index contributed by atoms with van der Waals surface area (Å²) in [7, 11) is 1.49. The van der Waals surface area contributed by atoms with Gasteiger partial charge in [0.15, 0.2) is 0 Å². The van der Waals surface area contributed by atoms with Crippen LogP contribution in [0.4, 0.5) is 11.4 Å². The maximum atomic E-state index is 13.2. The second-order valence-corrected chi connectivity index (χ2v) is 7.62. The van der Waals surface area contributed by atoms with Crippen molar-refractivity contribution in [3.63, 3.8) is 0 Å². The van der Waals surface area contributed by atoms with E-state index in [1.54, 1.807) is 18.2 Å². The topological polar surface area (TPSA) is 111 Å². The summed E-state index contributed by atoms with van der Waals surface area (Å²) in [4.78, 5) is 37.8. The average Bonchev–Trinajstić information content (AvgIpc) is 2.98. The summed E-state index contributed by atoms with van der Waals surface area (Å²) in [6, 6.07) is 10.3. The number of imide groups is 1. The van der Waals surface area contributed by atoms with Gasteiger partial charge in [0.2, 0.25) is 0 Å². The van der Waals surface area contributed by atoms with Crippen LogP contribution >= 0.6 is 11.6 Å². The molecule has 0 saturated carbocycles. The summed E-state index contributed by atoms with van der Waals surface area (Å²) in [6.07, 6.45) is -0.0519. The Morgan fingerprint density at radius 1 is 1.12 bits per heavy atom. The van der Waals surface area contributed by atoms with Crippen LogP contribution in [0.25, 0.3) is 5.57 Å². The molecule has 0 bridgehead atoms. The highest BCUT2D eigenvalue weighted by atomic mass is 35.5. The van der Waals surface area contributed by atoms with E-state index in [4.69, 9.17) is 21.1 Å². The number of hydrogen-bond acceptors (Lipinski definition) is 7. The van der Waals surface area contributed by atoms with Gasteiger partial charge < -0.3 is 14.8 Å². The molecule has 1 aliphatic heterocycles. The number of carbonyl (C=O) groups excluding carboxylic acids is 2. The van der Waals surface area contributed by atoms with Gasteiger partial charge in [0, 0.05) is 17.8 Å². The molecule has 2 aromatic carbocycles. The fourth-order valence-electron chi connectivity index (χ4n) is 3.18. The van der Waals surface area contributed by atoms with Crippen LogP contribution in [0, 0.1) is 10.1 Å². The molecule has 1 aliphatic rings. The summed E-state index contributed by atoms with van der Waals surface area (Å²) < 4.78 is 10.6.